The molecule has 0 fully saturated rings. The standard InChI is InChI=1S/C15H24N4S/c1-10(2)6-16-7-15-11(3)18-19(12(15)4)8-14-9-20-13(5)17-14/h9-10,16H,6-8H2,1-5H3. The molecule has 2 aromatic rings. The normalized spacial score (nSPS) is 11.5. The highest BCUT2D eigenvalue weighted by Gasteiger charge is 2.12. The molecule has 0 atom stereocenters. The van der Waals surface area contributed by atoms with Gasteiger partial charge in [-0.3, -0.25) is 4.68 Å². The van der Waals surface area contributed by atoms with Crippen molar-refractivity contribution in [1.82, 2.24) is 20.1 Å². The fourth-order valence-electron chi connectivity index (χ4n) is 2.26. The monoisotopic (exact) mass is 292 g/mol. The van der Waals surface area contributed by atoms with Crippen LogP contribution in [-0.4, -0.2) is 21.3 Å². The van der Waals surface area contributed by atoms with E-state index >= 15 is 0 Å². The van der Waals surface area contributed by atoms with Gasteiger partial charge in [0, 0.05) is 23.2 Å². The molecule has 0 aromatic carbocycles. The summed E-state index contributed by atoms with van der Waals surface area (Å²) < 4.78 is 2.07. The molecule has 5 heteroatoms. The Balaban J connectivity index is 2.08. The van der Waals surface area contributed by atoms with Gasteiger partial charge in [-0.05, 0) is 33.2 Å². The Kier molecular flexibility index (Phi) is 4.94. The third-order valence-corrected chi connectivity index (χ3v) is 4.19. The summed E-state index contributed by atoms with van der Waals surface area (Å²) in [6.07, 6.45) is 0. The van der Waals surface area contributed by atoms with Crippen molar-refractivity contribution < 1.29 is 0 Å². The Morgan fingerprint density at radius 1 is 1.30 bits per heavy atom. The van der Waals surface area contributed by atoms with Gasteiger partial charge in [-0.1, -0.05) is 13.8 Å². The molecule has 20 heavy (non-hydrogen) atoms. The Labute approximate surface area is 125 Å². The molecule has 110 valence electrons. The van der Waals surface area contributed by atoms with Crippen LogP contribution in [0.1, 0.15) is 41.5 Å². The summed E-state index contributed by atoms with van der Waals surface area (Å²) in [7, 11) is 0. The van der Waals surface area contributed by atoms with E-state index in [1.165, 1.54) is 11.3 Å². The molecule has 0 radical (unpaired) electrons. The lowest BCUT2D eigenvalue weighted by atomic mass is 10.2. The lowest BCUT2D eigenvalue weighted by Crippen LogP contribution is -2.19. The van der Waals surface area contributed by atoms with Gasteiger partial charge in [0.1, 0.15) is 0 Å². The van der Waals surface area contributed by atoms with Crippen molar-refractivity contribution in [2.45, 2.75) is 47.7 Å². The van der Waals surface area contributed by atoms with Gasteiger partial charge in [0.15, 0.2) is 0 Å². The number of thiazole rings is 1. The zero-order valence-electron chi connectivity index (χ0n) is 13.0. The molecular formula is C15H24N4S. The molecule has 2 aromatic heterocycles. The summed E-state index contributed by atoms with van der Waals surface area (Å²) >= 11 is 1.69. The number of nitrogens with one attached hydrogen (secondary N) is 1. The van der Waals surface area contributed by atoms with Gasteiger partial charge >= 0.3 is 0 Å². The minimum atomic E-state index is 0.670. The largest absolute Gasteiger partial charge is 0.312 e. The third-order valence-electron chi connectivity index (χ3n) is 3.36. The van der Waals surface area contributed by atoms with Crippen molar-refractivity contribution >= 4 is 11.3 Å². The van der Waals surface area contributed by atoms with E-state index < -0.39 is 0 Å². The summed E-state index contributed by atoms with van der Waals surface area (Å²) in [5.41, 5.74) is 4.77. The Morgan fingerprint density at radius 3 is 2.65 bits per heavy atom. The third kappa shape index (κ3) is 3.67. The first-order valence-electron chi connectivity index (χ1n) is 7.12. The maximum Gasteiger partial charge on any atom is 0.0898 e. The van der Waals surface area contributed by atoms with E-state index in [4.69, 9.17) is 0 Å². The molecule has 4 nitrogen and oxygen atoms in total. The second kappa shape index (κ2) is 6.50. The van der Waals surface area contributed by atoms with Crippen molar-refractivity contribution in [1.29, 1.82) is 0 Å². The zero-order chi connectivity index (χ0) is 14.7. The average molecular weight is 292 g/mol. The summed E-state index contributed by atoms with van der Waals surface area (Å²) in [5, 5.41) is 11.4. The second-order valence-corrected chi connectivity index (χ2v) is 6.75. The van der Waals surface area contributed by atoms with Gasteiger partial charge in [-0.15, -0.1) is 11.3 Å². The molecule has 2 heterocycles. The van der Waals surface area contributed by atoms with Gasteiger partial charge < -0.3 is 5.32 Å². The fourth-order valence-corrected chi connectivity index (χ4v) is 2.87. The predicted octanol–water partition coefficient (Wildman–Crippen LogP) is 3.06. The number of nitrogens with zero attached hydrogens (tertiary/aromatic N) is 3. The topological polar surface area (TPSA) is 42.7 Å². The van der Waals surface area contributed by atoms with Crippen molar-refractivity contribution in [3.05, 3.63) is 33.0 Å². The Morgan fingerprint density at radius 2 is 2.05 bits per heavy atom. The van der Waals surface area contributed by atoms with Crippen molar-refractivity contribution in [2.24, 2.45) is 5.92 Å². The second-order valence-electron chi connectivity index (χ2n) is 5.69. The minimum Gasteiger partial charge on any atom is -0.312 e. The summed E-state index contributed by atoms with van der Waals surface area (Å²) in [5.74, 6) is 0.670. The van der Waals surface area contributed by atoms with Crippen LogP contribution < -0.4 is 5.32 Å². The molecule has 0 unspecified atom stereocenters. The maximum absolute atomic E-state index is 4.65. The molecule has 2 rings (SSSR count). The van der Waals surface area contributed by atoms with E-state index in [2.05, 4.69) is 53.2 Å². The molecule has 0 spiro atoms. The number of aromatic nitrogens is 3. The highest BCUT2D eigenvalue weighted by atomic mass is 32.1. The summed E-state index contributed by atoms with van der Waals surface area (Å²) in [6.45, 7) is 13.4. The predicted molar refractivity (Wildman–Crippen MR) is 84.2 cm³/mol. The van der Waals surface area contributed by atoms with Crippen LogP contribution in [-0.2, 0) is 13.1 Å². The minimum absolute atomic E-state index is 0.670. The van der Waals surface area contributed by atoms with E-state index in [0.29, 0.717) is 5.92 Å². The van der Waals surface area contributed by atoms with E-state index in [1.54, 1.807) is 11.3 Å². The molecular weight excluding hydrogens is 268 g/mol. The first-order chi connectivity index (χ1) is 9.47. The SMILES string of the molecule is Cc1nc(Cn2nc(C)c(CNCC(C)C)c2C)cs1. The first kappa shape index (κ1) is 15.2. The quantitative estimate of drug-likeness (QED) is 0.890. The van der Waals surface area contributed by atoms with Crippen molar-refractivity contribution in [3.63, 3.8) is 0 Å². The van der Waals surface area contributed by atoms with Crippen LogP contribution in [0, 0.1) is 26.7 Å². The van der Waals surface area contributed by atoms with Crippen molar-refractivity contribution in [2.75, 3.05) is 6.54 Å². The molecule has 0 bridgehead atoms. The van der Waals surface area contributed by atoms with Crippen LogP contribution in [0.4, 0.5) is 0 Å². The fraction of sp³-hybridized carbons (Fsp3) is 0.600. The highest BCUT2D eigenvalue weighted by Crippen LogP contribution is 2.16. The number of hydrogen-bond donors (Lipinski definition) is 1. The van der Waals surface area contributed by atoms with Gasteiger partial charge in [-0.25, -0.2) is 4.98 Å². The van der Waals surface area contributed by atoms with Crippen molar-refractivity contribution in [3.8, 4) is 0 Å². The molecule has 0 aliphatic heterocycles. The highest BCUT2D eigenvalue weighted by molar-refractivity contribution is 7.09. The number of aryl methyl sites for hydroxylation is 2. The lowest BCUT2D eigenvalue weighted by Gasteiger charge is -2.08. The van der Waals surface area contributed by atoms with E-state index in [0.717, 1.165) is 36.0 Å². The van der Waals surface area contributed by atoms with Gasteiger partial charge in [-0.2, -0.15) is 5.10 Å². The smallest absolute Gasteiger partial charge is 0.0898 e. The van der Waals surface area contributed by atoms with Crippen LogP contribution in [0.3, 0.4) is 0 Å². The van der Waals surface area contributed by atoms with Crippen LogP contribution >= 0.6 is 11.3 Å². The molecule has 0 aliphatic rings. The van der Waals surface area contributed by atoms with Crippen LogP contribution in [0.25, 0.3) is 0 Å². The molecule has 0 aliphatic carbocycles. The van der Waals surface area contributed by atoms with Crippen LogP contribution in [0.2, 0.25) is 0 Å². The Bertz CT molecular complexity index is 568. The Hall–Kier alpha value is -1.20. The maximum atomic E-state index is 4.65. The molecule has 0 saturated carbocycles. The van der Waals surface area contributed by atoms with Gasteiger partial charge in [0.25, 0.3) is 0 Å². The number of hydrogen-bond acceptors (Lipinski definition) is 4. The number of rotatable bonds is 6. The van der Waals surface area contributed by atoms with Gasteiger partial charge in [0.2, 0.25) is 0 Å². The molecule has 0 amide bonds. The summed E-state index contributed by atoms with van der Waals surface area (Å²) in [4.78, 5) is 4.51. The average Bonchev–Trinajstić information content (AvgIpc) is 2.88. The summed E-state index contributed by atoms with van der Waals surface area (Å²) in [6, 6.07) is 0. The van der Waals surface area contributed by atoms with Gasteiger partial charge in [0.05, 0.1) is 22.9 Å². The molecule has 1 N–H and O–H groups in total. The molecule has 0 saturated heterocycles. The zero-order valence-corrected chi connectivity index (χ0v) is 13.8. The van der Waals surface area contributed by atoms with Crippen LogP contribution in [0.15, 0.2) is 5.38 Å². The van der Waals surface area contributed by atoms with Crippen LogP contribution in [0.5, 0.6) is 0 Å². The lowest BCUT2D eigenvalue weighted by molar-refractivity contribution is 0.550. The first-order valence-corrected chi connectivity index (χ1v) is 8.00. The van der Waals surface area contributed by atoms with E-state index in [9.17, 15) is 0 Å². The van der Waals surface area contributed by atoms with E-state index in [1.807, 2.05) is 6.92 Å². The van der Waals surface area contributed by atoms with E-state index in [-0.39, 0.29) is 0 Å².